The molecule has 1 rings (SSSR count). The van der Waals surface area contributed by atoms with E-state index < -0.39 is 0 Å². The lowest BCUT2D eigenvalue weighted by atomic mass is 10.1. The molecule has 1 unspecified atom stereocenters. The minimum atomic E-state index is 0.222. The van der Waals surface area contributed by atoms with Gasteiger partial charge in [-0.3, -0.25) is 4.79 Å². The lowest BCUT2D eigenvalue weighted by molar-refractivity contribution is -0.121. The van der Waals surface area contributed by atoms with E-state index >= 15 is 0 Å². The van der Waals surface area contributed by atoms with E-state index in [1.54, 1.807) is 0 Å². The number of rotatable bonds is 23. The zero-order valence-corrected chi connectivity index (χ0v) is 21.6. The molecule has 0 fully saturated rings. The molecule has 0 radical (unpaired) electrons. The van der Waals surface area contributed by atoms with E-state index in [4.69, 9.17) is 0 Å². The molecular formula is C28H55N3O. The Labute approximate surface area is 200 Å². The summed E-state index contributed by atoms with van der Waals surface area (Å²) in [4.78, 5) is 14.4. The topological polar surface area (TPSA) is 44.4 Å². The van der Waals surface area contributed by atoms with Gasteiger partial charge in [0.05, 0.1) is 6.17 Å². The molecule has 0 aromatic heterocycles. The second-order valence-corrected chi connectivity index (χ2v) is 9.78. The summed E-state index contributed by atoms with van der Waals surface area (Å²) in [6, 6.07) is 0. The Hall–Kier alpha value is -1.19. The number of amides is 1. The molecule has 0 aromatic rings. The van der Waals surface area contributed by atoms with Crippen molar-refractivity contribution in [3.8, 4) is 0 Å². The van der Waals surface area contributed by atoms with Crippen LogP contribution in [0, 0.1) is 0 Å². The molecule has 1 atom stereocenters. The van der Waals surface area contributed by atoms with E-state index in [1.165, 1.54) is 116 Å². The third kappa shape index (κ3) is 16.4. The van der Waals surface area contributed by atoms with Crippen LogP contribution in [0.25, 0.3) is 0 Å². The molecule has 0 aromatic carbocycles. The maximum atomic E-state index is 12.1. The van der Waals surface area contributed by atoms with Crippen LogP contribution in [0.4, 0.5) is 0 Å². The van der Waals surface area contributed by atoms with Gasteiger partial charge in [0.25, 0.3) is 0 Å². The minimum absolute atomic E-state index is 0.222. The molecule has 2 N–H and O–H groups in total. The Morgan fingerprint density at radius 2 is 1.25 bits per heavy atom. The summed E-state index contributed by atoms with van der Waals surface area (Å²) in [5.74, 6) is 0.222. The molecule has 0 spiro atoms. The van der Waals surface area contributed by atoms with E-state index in [2.05, 4.69) is 41.8 Å². The number of unbranched alkanes of at least 4 members (excludes halogenated alkanes) is 16. The smallest absolute Gasteiger partial charge is 0.220 e. The predicted molar refractivity (Wildman–Crippen MR) is 139 cm³/mol. The molecule has 4 nitrogen and oxygen atoms in total. The van der Waals surface area contributed by atoms with Crippen LogP contribution >= 0.6 is 0 Å². The first-order chi connectivity index (χ1) is 15.8. The van der Waals surface area contributed by atoms with Gasteiger partial charge < -0.3 is 15.5 Å². The molecular weight excluding hydrogens is 394 g/mol. The zero-order valence-electron chi connectivity index (χ0n) is 21.6. The van der Waals surface area contributed by atoms with Crippen LogP contribution in [-0.4, -0.2) is 30.1 Å². The maximum Gasteiger partial charge on any atom is 0.220 e. The van der Waals surface area contributed by atoms with Gasteiger partial charge in [0.15, 0.2) is 0 Å². The lowest BCUT2D eigenvalue weighted by Crippen LogP contribution is -2.40. The Morgan fingerprint density at radius 1 is 0.750 bits per heavy atom. The van der Waals surface area contributed by atoms with Crippen LogP contribution in [0.15, 0.2) is 12.4 Å². The van der Waals surface area contributed by atoms with Gasteiger partial charge in [-0.05, 0) is 19.3 Å². The van der Waals surface area contributed by atoms with E-state index in [9.17, 15) is 4.79 Å². The van der Waals surface area contributed by atoms with Crippen molar-refractivity contribution in [1.82, 2.24) is 15.5 Å². The van der Waals surface area contributed by atoms with Crippen molar-refractivity contribution in [2.75, 3.05) is 13.1 Å². The molecule has 4 heteroatoms. The lowest BCUT2D eigenvalue weighted by Gasteiger charge is -2.25. The summed E-state index contributed by atoms with van der Waals surface area (Å²) in [5, 5.41) is 6.59. The van der Waals surface area contributed by atoms with Crippen LogP contribution in [-0.2, 0) is 4.79 Å². The normalized spacial score (nSPS) is 15.3. The van der Waals surface area contributed by atoms with Crippen molar-refractivity contribution in [2.45, 2.75) is 148 Å². The number of hydrogen-bond acceptors (Lipinski definition) is 3. The maximum absolute atomic E-state index is 12.1. The van der Waals surface area contributed by atoms with Gasteiger partial charge in [0, 0.05) is 31.9 Å². The van der Waals surface area contributed by atoms with Gasteiger partial charge in [-0.25, -0.2) is 0 Å². The van der Waals surface area contributed by atoms with Gasteiger partial charge in [-0.1, -0.05) is 117 Å². The fourth-order valence-electron chi connectivity index (χ4n) is 4.59. The summed E-state index contributed by atoms with van der Waals surface area (Å²) in [6.45, 7) is 6.19. The van der Waals surface area contributed by atoms with Crippen molar-refractivity contribution in [2.24, 2.45) is 0 Å². The second kappa shape index (κ2) is 21.6. The number of carbonyl (C=O) groups is 1. The molecule has 0 saturated heterocycles. The zero-order chi connectivity index (χ0) is 23.1. The van der Waals surface area contributed by atoms with Crippen LogP contribution in [0.2, 0.25) is 0 Å². The molecule has 1 heterocycles. The number of nitrogens with zero attached hydrogens (tertiary/aromatic N) is 1. The quantitative estimate of drug-likeness (QED) is 0.157. The molecule has 32 heavy (non-hydrogen) atoms. The third-order valence-electron chi connectivity index (χ3n) is 6.74. The SMILES string of the molecule is CCCCCCCCCCCC(=O)NCCN1C=CNC1CCCCCCCCCCC. The average Bonchev–Trinajstić information content (AvgIpc) is 3.24. The summed E-state index contributed by atoms with van der Waals surface area (Å²) in [5.41, 5.74) is 0. The molecule has 1 aliphatic heterocycles. The fraction of sp³-hybridized carbons (Fsp3) is 0.893. The standard InChI is InChI=1S/C28H55N3O/c1-3-5-7-9-11-13-15-17-19-21-27-29-23-25-31(27)26-24-30-28(32)22-20-18-16-14-12-10-8-6-4-2/h23,25,27,29H,3-22,24,26H2,1-2H3,(H,30,32). The van der Waals surface area contributed by atoms with Gasteiger partial charge in [-0.2, -0.15) is 0 Å². The first-order valence-corrected chi connectivity index (χ1v) is 14.2. The first-order valence-electron chi connectivity index (χ1n) is 14.2. The van der Waals surface area contributed by atoms with Crippen LogP contribution in [0.1, 0.15) is 142 Å². The number of hydrogen-bond donors (Lipinski definition) is 2. The molecule has 0 bridgehead atoms. The second-order valence-electron chi connectivity index (χ2n) is 9.78. The summed E-state index contributed by atoms with van der Waals surface area (Å²) >= 11 is 0. The van der Waals surface area contributed by atoms with Crippen molar-refractivity contribution in [3.63, 3.8) is 0 Å². The van der Waals surface area contributed by atoms with Crippen molar-refractivity contribution < 1.29 is 4.79 Å². The van der Waals surface area contributed by atoms with E-state index in [0.29, 0.717) is 12.6 Å². The van der Waals surface area contributed by atoms with E-state index in [-0.39, 0.29) is 5.91 Å². The van der Waals surface area contributed by atoms with Crippen LogP contribution < -0.4 is 10.6 Å². The highest BCUT2D eigenvalue weighted by Gasteiger charge is 2.17. The Morgan fingerprint density at radius 3 is 1.81 bits per heavy atom. The Balaban J connectivity index is 1.93. The average molecular weight is 450 g/mol. The molecule has 188 valence electrons. The highest BCUT2D eigenvalue weighted by molar-refractivity contribution is 5.75. The summed E-state index contributed by atoms with van der Waals surface area (Å²) in [7, 11) is 0. The van der Waals surface area contributed by atoms with Crippen molar-refractivity contribution in [3.05, 3.63) is 12.4 Å². The van der Waals surface area contributed by atoms with Gasteiger partial charge >= 0.3 is 0 Å². The van der Waals surface area contributed by atoms with Crippen molar-refractivity contribution >= 4 is 5.91 Å². The highest BCUT2D eigenvalue weighted by atomic mass is 16.1. The molecule has 0 aliphatic carbocycles. The summed E-state index contributed by atoms with van der Waals surface area (Å²) in [6.07, 6.45) is 30.6. The molecule has 1 amide bonds. The van der Waals surface area contributed by atoms with Gasteiger partial charge in [0.1, 0.15) is 0 Å². The Bertz CT molecular complexity index is 452. The predicted octanol–water partition coefficient (Wildman–Crippen LogP) is 7.65. The van der Waals surface area contributed by atoms with Gasteiger partial charge in [-0.15, -0.1) is 0 Å². The van der Waals surface area contributed by atoms with E-state index in [1.807, 2.05) is 0 Å². The van der Waals surface area contributed by atoms with Crippen LogP contribution in [0.3, 0.4) is 0 Å². The summed E-state index contributed by atoms with van der Waals surface area (Å²) < 4.78 is 0. The number of carbonyl (C=O) groups excluding carboxylic acids is 1. The molecule has 1 aliphatic rings. The third-order valence-corrected chi connectivity index (χ3v) is 6.74. The monoisotopic (exact) mass is 449 g/mol. The first kappa shape index (κ1) is 28.8. The van der Waals surface area contributed by atoms with Crippen LogP contribution in [0.5, 0.6) is 0 Å². The minimum Gasteiger partial charge on any atom is -0.370 e. The van der Waals surface area contributed by atoms with Crippen molar-refractivity contribution in [1.29, 1.82) is 0 Å². The van der Waals surface area contributed by atoms with E-state index in [0.717, 1.165) is 19.5 Å². The Kier molecular flexibility index (Phi) is 19.5. The number of nitrogens with one attached hydrogen (secondary N) is 2. The highest BCUT2D eigenvalue weighted by Crippen LogP contribution is 2.15. The van der Waals surface area contributed by atoms with Gasteiger partial charge in [0.2, 0.25) is 5.91 Å². The largest absolute Gasteiger partial charge is 0.370 e. The molecule has 0 saturated carbocycles. The fourth-order valence-corrected chi connectivity index (χ4v) is 4.59.